The van der Waals surface area contributed by atoms with E-state index in [-0.39, 0.29) is 24.8 Å². The van der Waals surface area contributed by atoms with Crippen LogP contribution in [0.25, 0.3) is 0 Å². The fraction of sp³-hybridized carbons (Fsp3) is 0.438. The fourth-order valence-corrected chi connectivity index (χ4v) is 5.25. The van der Waals surface area contributed by atoms with Crippen molar-refractivity contribution in [3.63, 3.8) is 0 Å². The molecule has 0 radical (unpaired) electrons. The first-order chi connectivity index (χ1) is 17.5. The van der Waals surface area contributed by atoms with Crippen molar-refractivity contribution in [2.45, 2.75) is 79.1 Å². The van der Waals surface area contributed by atoms with E-state index in [1.165, 1.54) is 33.6 Å². The summed E-state index contributed by atoms with van der Waals surface area (Å²) in [5.74, 6) is 2.06. The van der Waals surface area contributed by atoms with E-state index in [0.717, 1.165) is 17.3 Å². The Labute approximate surface area is 264 Å². The normalized spacial score (nSPS) is 12.8. The third-order valence-corrected chi connectivity index (χ3v) is 7.95. The molecule has 0 N–H and O–H groups in total. The fourth-order valence-electron chi connectivity index (χ4n) is 4.88. The summed E-state index contributed by atoms with van der Waals surface area (Å²) in [7, 11) is 0. The van der Waals surface area contributed by atoms with Crippen molar-refractivity contribution in [1.82, 2.24) is 4.98 Å². The van der Waals surface area contributed by atoms with E-state index >= 15 is 0 Å². The summed E-state index contributed by atoms with van der Waals surface area (Å²) in [6.07, 6.45) is 4.06. The molecule has 0 unspecified atom stereocenters. The first kappa shape index (κ1) is 35.6. The summed E-state index contributed by atoms with van der Waals surface area (Å²) in [5, 5.41) is 0.663. The zero-order valence-corrected chi connectivity index (χ0v) is 28.3. The Morgan fingerprint density at radius 1 is 0.744 bits per heavy atom. The predicted octanol–water partition coefficient (Wildman–Crippen LogP) is 9.12. The molecule has 1 aromatic heterocycles. The summed E-state index contributed by atoms with van der Waals surface area (Å²) in [6, 6.07) is 17.3. The third-order valence-electron chi connectivity index (χ3n) is 6.81. The van der Waals surface area contributed by atoms with Crippen LogP contribution >= 0.6 is 36.4 Å². The first-order valence-corrected chi connectivity index (χ1v) is 14.5. The third kappa shape index (κ3) is 8.79. The number of para-hydroxylation sites is 2. The van der Waals surface area contributed by atoms with E-state index in [1.54, 1.807) is 18.3 Å². The van der Waals surface area contributed by atoms with Gasteiger partial charge >= 0.3 is 63.3 Å². The maximum atomic E-state index is 5.61. The number of benzene rings is 2. The van der Waals surface area contributed by atoms with Gasteiger partial charge in [-0.25, -0.2) is 9.48 Å². The van der Waals surface area contributed by atoms with Gasteiger partial charge in [-0.2, -0.15) is 0 Å². The van der Waals surface area contributed by atoms with Gasteiger partial charge in [-0.3, -0.25) is 0 Å². The summed E-state index contributed by atoms with van der Waals surface area (Å²) in [5.41, 5.74) is 8.67. The Kier molecular flexibility index (Phi) is 14.7. The van der Waals surface area contributed by atoms with Crippen LogP contribution in [0, 0.1) is 0 Å². The number of aromatic nitrogens is 1. The molecule has 3 nitrogen and oxygen atoms in total. The molecule has 217 valence electrons. The standard InChI is InChI=1S/C27H39N2.C5H3ClN.2ClH.Pd/c1-18(2)22-11-9-12-23(19(3)4)26(22)28-15-16-29(17-28)27-24(20(5)6)13-10-14-25(27)21(7)8;6-5-2-1-3-7-4-5;;;/h9-14,17-21H,15-16H2,1-8H3;1-3H;2*1H;/q+1;;;;. The van der Waals surface area contributed by atoms with Crippen LogP contribution < -0.4 is 9.07 Å². The van der Waals surface area contributed by atoms with Crippen LogP contribution in [0.2, 0.25) is 5.02 Å². The first-order valence-electron chi connectivity index (χ1n) is 13.4. The number of anilines is 1. The van der Waals surface area contributed by atoms with Crippen LogP contribution in [0.3, 0.4) is 0 Å². The van der Waals surface area contributed by atoms with Crippen LogP contribution in [0.1, 0.15) is 101 Å². The number of hydrogen-bond acceptors (Lipinski definition) is 2. The molecule has 3 aromatic rings. The molecule has 0 aliphatic carbocycles. The predicted molar refractivity (Wildman–Crippen MR) is 171 cm³/mol. The number of nitrogens with zero attached hydrogens (tertiary/aromatic N) is 3. The van der Waals surface area contributed by atoms with Crippen molar-refractivity contribution in [3.05, 3.63) is 82.0 Å². The molecular formula is C32H44Cl3N3Pd+. The molecule has 1 aliphatic heterocycles. The zero-order valence-electron chi connectivity index (χ0n) is 24.3. The van der Waals surface area contributed by atoms with Crippen molar-refractivity contribution in [2.24, 2.45) is 0 Å². The second kappa shape index (κ2) is 16.1. The van der Waals surface area contributed by atoms with E-state index < -0.39 is 0 Å². The van der Waals surface area contributed by atoms with E-state index in [2.05, 4.69) is 132 Å². The van der Waals surface area contributed by atoms with Crippen molar-refractivity contribution in [1.29, 1.82) is 0 Å². The Hall–Kier alpha value is -1.41. The second-order valence-corrected chi connectivity index (χ2v) is 12.1. The van der Waals surface area contributed by atoms with Crippen LogP contribution in [-0.4, -0.2) is 29.0 Å². The Morgan fingerprint density at radius 2 is 1.21 bits per heavy atom. The molecule has 0 saturated carbocycles. The van der Waals surface area contributed by atoms with Gasteiger partial charge in [0.15, 0.2) is 0 Å². The quantitative estimate of drug-likeness (QED) is 0.191. The van der Waals surface area contributed by atoms with Crippen molar-refractivity contribution in [3.8, 4) is 0 Å². The van der Waals surface area contributed by atoms with Gasteiger partial charge in [0.25, 0.3) is 0 Å². The molecule has 39 heavy (non-hydrogen) atoms. The summed E-state index contributed by atoms with van der Waals surface area (Å²) in [6.45, 7) is 20.5. The minimum atomic E-state index is 0. The Balaban J connectivity index is 0.000000655. The summed E-state index contributed by atoms with van der Waals surface area (Å²) in [4.78, 5) is 6.39. The molecular weight excluding hydrogens is 639 g/mol. The molecule has 2 aromatic carbocycles. The Morgan fingerprint density at radius 3 is 1.59 bits per heavy atom. The van der Waals surface area contributed by atoms with Crippen LogP contribution in [0.15, 0.2) is 54.7 Å². The van der Waals surface area contributed by atoms with Gasteiger partial charge in [-0.15, -0.1) is 24.8 Å². The SMILES string of the molecule is CC(C)c1cccc(C(C)C)c1N1C=[N+](c2c(C(C)C)cccc2C(C)C)CC1.Cl.Cl.Clc1cccn[c]1[Pd]. The van der Waals surface area contributed by atoms with Gasteiger partial charge in [-0.1, -0.05) is 91.8 Å². The van der Waals surface area contributed by atoms with Crippen molar-refractivity contribution in [2.75, 3.05) is 18.0 Å². The van der Waals surface area contributed by atoms with Crippen molar-refractivity contribution >= 4 is 58.3 Å². The van der Waals surface area contributed by atoms with E-state index in [9.17, 15) is 0 Å². The second-order valence-electron chi connectivity index (χ2n) is 10.9. The van der Waals surface area contributed by atoms with Gasteiger partial charge in [0, 0.05) is 22.3 Å². The average Bonchev–Trinajstić information content (AvgIpc) is 3.34. The molecule has 0 saturated heterocycles. The van der Waals surface area contributed by atoms with E-state index in [0.29, 0.717) is 28.7 Å². The maximum absolute atomic E-state index is 5.61. The van der Waals surface area contributed by atoms with Crippen LogP contribution in [0.4, 0.5) is 11.4 Å². The summed E-state index contributed by atoms with van der Waals surface area (Å²) >= 11 is 8.51. The minimum absolute atomic E-state index is 0. The molecule has 0 fully saturated rings. The number of hydrogen-bond donors (Lipinski definition) is 0. The summed E-state index contributed by atoms with van der Waals surface area (Å²) < 4.78 is 3.24. The molecule has 0 amide bonds. The Bertz CT molecular complexity index is 1170. The van der Waals surface area contributed by atoms with Gasteiger partial charge in [-0.05, 0) is 23.7 Å². The van der Waals surface area contributed by atoms with Gasteiger partial charge in [0.1, 0.15) is 24.5 Å². The van der Waals surface area contributed by atoms with E-state index in [1.807, 2.05) is 0 Å². The van der Waals surface area contributed by atoms with Gasteiger partial charge in [0.2, 0.25) is 6.34 Å². The number of rotatable bonds is 6. The molecule has 7 heteroatoms. The van der Waals surface area contributed by atoms with Crippen LogP contribution in [0.5, 0.6) is 0 Å². The monoisotopic (exact) mass is 681 g/mol. The molecule has 4 rings (SSSR count). The molecule has 0 atom stereocenters. The zero-order chi connectivity index (χ0) is 27.3. The molecule has 2 heterocycles. The van der Waals surface area contributed by atoms with Crippen LogP contribution in [-0.2, 0) is 19.2 Å². The molecule has 0 spiro atoms. The topological polar surface area (TPSA) is 19.1 Å². The number of pyridine rings is 1. The van der Waals surface area contributed by atoms with Gasteiger partial charge in [0.05, 0.1) is 0 Å². The van der Waals surface area contributed by atoms with Gasteiger partial charge < -0.3 is 0 Å². The molecule has 1 aliphatic rings. The molecule has 0 bridgehead atoms. The van der Waals surface area contributed by atoms with Crippen molar-refractivity contribution < 1.29 is 23.8 Å². The van der Waals surface area contributed by atoms with E-state index in [4.69, 9.17) is 11.6 Å². The average molecular weight is 684 g/mol. The number of halogens is 3.